The van der Waals surface area contributed by atoms with Crippen LogP contribution in [0.15, 0.2) is 30.3 Å². The third kappa shape index (κ3) is 11.9. The van der Waals surface area contributed by atoms with Gasteiger partial charge in [0.05, 0.1) is 6.04 Å². The number of nitrogens with two attached hydrogens (primary N) is 1. The highest BCUT2D eigenvalue weighted by molar-refractivity contribution is 5.87. The van der Waals surface area contributed by atoms with Crippen molar-refractivity contribution in [2.24, 2.45) is 5.73 Å². The molecule has 0 heterocycles. The Labute approximate surface area is 202 Å². The summed E-state index contributed by atoms with van der Waals surface area (Å²) in [5, 5.41) is 5.56. The van der Waals surface area contributed by atoms with E-state index in [1.165, 1.54) is 0 Å². The van der Waals surface area contributed by atoms with Gasteiger partial charge >= 0.3 is 30.1 Å². The maximum Gasteiger partial charge on any atom is 0.471 e. The molecule has 1 aromatic rings. The highest BCUT2D eigenvalue weighted by Crippen LogP contribution is 2.15. The zero-order chi connectivity index (χ0) is 27.4. The van der Waals surface area contributed by atoms with E-state index in [4.69, 9.17) is 10.5 Å². The van der Waals surface area contributed by atoms with Gasteiger partial charge in [0.2, 0.25) is 5.91 Å². The lowest BCUT2D eigenvalue weighted by atomic mass is 10.1. The third-order valence-corrected chi connectivity index (χ3v) is 4.61. The third-order valence-electron chi connectivity index (χ3n) is 4.61. The monoisotopic (exact) mass is 528 g/mol. The van der Waals surface area contributed by atoms with Crippen molar-refractivity contribution < 1.29 is 50.3 Å². The molecule has 0 aliphatic heterocycles. The van der Waals surface area contributed by atoms with Gasteiger partial charge in [-0.05, 0) is 31.2 Å². The zero-order valence-corrected chi connectivity index (χ0v) is 18.9. The van der Waals surface area contributed by atoms with Crippen molar-refractivity contribution in [2.75, 3.05) is 13.1 Å². The number of ether oxygens (including phenoxy) is 1. The number of benzene rings is 1. The van der Waals surface area contributed by atoms with Crippen molar-refractivity contribution >= 4 is 23.7 Å². The first-order valence-electron chi connectivity index (χ1n) is 10.7. The fourth-order valence-electron chi connectivity index (χ4n) is 2.72. The zero-order valence-electron chi connectivity index (χ0n) is 18.9. The molecule has 202 valence electrons. The van der Waals surface area contributed by atoms with Gasteiger partial charge in [-0.15, -0.1) is 0 Å². The highest BCUT2D eigenvalue weighted by atomic mass is 19.4. The number of carbonyl (C=O) groups excluding carboxylic acids is 4. The molecular weight excluding hydrogens is 502 g/mol. The topological polar surface area (TPSA) is 140 Å². The molecule has 0 spiro atoms. The first kappa shape index (κ1) is 30.7. The van der Waals surface area contributed by atoms with Crippen LogP contribution in [0.3, 0.4) is 0 Å². The van der Waals surface area contributed by atoms with Gasteiger partial charge in [0.25, 0.3) is 0 Å². The van der Waals surface area contributed by atoms with E-state index in [0.717, 1.165) is 0 Å². The molecule has 9 nitrogen and oxygen atoms in total. The number of hydrogen-bond acceptors (Lipinski definition) is 6. The van der Waals surface area contributed by atoms with Gasteiger partial charge in [0, 0.05) is 13.1 Å². The molecule has 5 N–H and O–H groups in total. The van der Waals surface area contributed by atoms with Crippen LogP contribution in [0.5, 0.6) is 0 Å². The largest absolute Gasteiger partial charge is 0.471 e. The second-order valence-corrected chi connectivity index (χ2v) is 7.55. The maximum absolute atomic E-state index is 12.5. The number of esters is 1. The quantitative estimate of drug-likeness (QED) is 0.174. The predicted molar refractivity (Wildman–Crippen MR) is 113 cm³/mol. The molecule has 0 aliphatic carbocycles. The summed E-state index contributed by atoms with van der Waals surface area (Å²) < 4.78 is 78.5. The van der Waals surface area contributed by atoms with E-state index in [1.54, 1.807) is 41.0 Å². The number of halogens is 6. The Morgan fingerprint density at radius 3 is 1.83 bits per heavy atom. The second kappa shape index (κ2) is 14.3. The minimum Gasteiger partial charge on any atom is -0.459 e. The van der Waals surface area contributed by atoms with Crippen LogP contribution in [0, 0.1) is 0 Å². The molecule has 2 atom stereocenters. The van der Waals surface area contributed by atoms with E-state index >= 15 is 0 Å². The average molecular weight is 528 g/mol. The lowest BCUT2D eigenvalue weighted by molar-refractivity contribution is -0.173. The van der Waals surface area contributed by atoms with Crippen LogP contribution >= 0.6 is 0 Å². The van der Waals surface area contributed by atoms with Crippen molar-refractivity contribution in [2.45, 2.75) is 56.7 Å². The van der Waals surface area contributed by atoms with Gasteiger partial charge in [-0.1, -0.05) is 30.3 Å². The molecule has 0 aromatic heterocycles. The summed E-state index contributed by atoms with van der Waals surface area (Å²) in [5.74, 6) is -6.06. The Kier molecular flexibility index (Phi) is 12.1. The molecule has 1 rings (SSSR count). The number of rotatable bonds is 13. The predicted octanol–water partition coefficient (Wildman–Crippen LogP) is 1.46. The van der Waals surface area contributed by atoms with Crippen LogP contribution < -0.4 is 21.7 Å². The average Bonchev–Trinajstić information content (AvgIpc) is 2.80. The number of hydrogen-bond donors (Lipinski definition) is 4. The van der Waals surface area contributed by atoms with Crippen molar-refractivity contribution in [3.8, 4) is 0 Å². The standard InChI is InChI=1S/C21H26F6N4O5/c22-20(23,24)18(34)29-10-4-8-14(28)16(32)31-15(9-5-11-30-19(35)21(25,26)27)17(33)36-12-13-6-2-1-3-7-13/h1-3,6-7,14-15H,4-5,8-12,28H2,(H,29,34)(H,30,35)(H,31,32). The van der Waals surface area contributed by atoms with Crippen LogP contribution in [0.25, 0.3) is 0 Å². The molecule has 0 saturated heterocycles. The van der Waals surface area contributed by atoms with Crippen LogP contribution in [-0.2, 0) is 30.5 Å². The Morgan fingerprint density at radius 1 is 0.833 bits per heavy atom. The van der Waals surface area contributed by atoms with Gasteiger partial charge in [-0.3, -0.25) is 14.4 Å². The summed E-state index contributed by atoms with van der Waals surface area (Å²) in [6, 6.07) is 5.88. The molecule has 1 aromatic carbocycles. The maximum atomic E-state index is 12.5. The molecular formula is C21H26F6N4O5. The lowest BCUT2D eigenvalue weighted by Crippen LogP contribution is -2.49. The number of nitrogens with one attached hydrogen (secondary N) is 3. The van der Waals surface area contributed by atoms with Crippen LogP contribution in [0.4, 0.5) is 26.3 Å². The molecule has 2 unspecified atom stereocenters. The van der Waals surface area contributed by atoms with E-state index in [9.17, 15) is 45.5 Å². The van der Waals surface area contributed by atoms with E-state index in [1.807, 2.05) is 0 Å². The SMILES string of the molecule is NC(CCCNC(=O)C(F)(F)F)C(=O)NC(CCCNC(=O)C(F)(F)F)C(=O)OCc1ccccc1. The fourth-order valence-corrected chi connectivity index (χ4v) is 2.72. The van der Waals surface area contributed by atoms with E-state index < -0.39 is 61.2 Å². The Bertz CT molecular complexity index is 880. The number of carbonyl (C=O) groups is 4. The van der Waals surface area contributed by atoms with Gasteiger partial charge < -0.3 is 26.4 Å². The van der Waals surface area contributed by atoms with E-state index in [0.29, 0.717) is 5.56 Å². The smallest absolute Gasteiger partial charge is 0.459 e. The molecule has 36 heavy (non-hydrogen) atoms. The van der Waals surface area contributed by atoms with Crippen molar-refractivity contribution in [3.05, 3.63) is 35.9 Å². The summed E-state index contributed by atoms with van der Waals surface area (Å²) in [7, 11) is 0. The minimum atomic E-state index is -5.07. The molecule has 15 heteroatoms. The Balaban J connectivity index is 2.63. The Hall–Kier alpha value is -3.36. The molecule has 0 saturated carbocycles. The molecule has 3 amide bonds. The van der Waals surface area contributed by atoms with E-state index in [-0.39, 0.29) is 32.3 Å². The summed E-state index contributed by atoms with van der Waals surface area (Å²) in [4.78, 5) is 46.5. The molecule has 0 aliphatic rings. The second-order valence-electron chi connectivity index (χ2n) is 7.55. The fraction of sp³-hybridized carbons (Fsp3) is 0.524. The first-order valence-corrected chi connectivity index (χ1v) is 10.7. The van der Waals surface area contributed by atoms with Gasteiger partial charge in [-0.2, -0.15) is 26.3 Å². The van der Waals surface area contributed by atoms with Gasteiger partial charge in [-0.25, -0.2) is 4.79 Å². The Morgan fingerprint density at radius 2 is 1.33 bits per heavy atom. The van der Waals surface area contributed by atoms with E-state index in [2.05, 4.69) is 5.32 Å². The molecule has 0 fully saturated rings. The summed E-state index contributed by atoms with van der Waals surface area (Å²) in [6.45, 7) is -0.996. The van der Waals surface area contributed by atoms with Crippen molar-refractivity contribution in [3.63, 3.8) is 0 Å². The van der Waals surface area contributed by atoms with Crippen molar-refractivity contribution in [1.82, 2.24) is 16.0 Å². The highest BCUT2D eigenvalue weighted by Gasteiger charge is 2.39. The lowest BCUT2D eigenvalue weighted by Gasteiger charge is -2.20. The minimum absolute atomic E-state index is 0.0804. The summed E-state index contributed by atoms with van der Waals surface area (Å²) in [5.41, 5.74) is 6.33. The first-order chi connectivity index (χ1) is 16.7. The van der Waals surface area contributed by atoms with Gasteiger partial charge in [0.15, 0.2) is 0 Å². The van der Waals surface area contributed by atoms with Crippen LogP contribution in [-0.4, -0.2) is 61.2 Å². The number of alkyl halides is 6. The van der Waals surface area contributed by atoms with Crippen molar-refractivity contribution in [1.29, 1.82) is 0 Å². The van der Waals surface area contributed by atoms with Crippen LogP contribution in [0.1, 0.15) is 31.2 Å². The van der Waals surface area contributed by atoms with Gasteiger partial charge in [0.1, 0.15) is 12.6 Å². The summed E-state index contributed by atoms with van der Waals surface area (Å²) >= 11 is 0. The summed E-state index contributed by atoms with van der Waals surface area (Å²) in [6.07, 6.45) is -10.7. The number of amides is 3. The molecule has 0 radical (unpaired) electrons. The normalized spacial score (nSPS) is 13.3. The molecule has 0 bridgehead atoms. The van der Waals surface area contributed by atoms with Crippen LogP contribution in [0.2, 0.25) is 0 Å².